The molecule has 0 saturated carbocycles. The van der Waals surface area contributed by atoms with Crippen molar-refractivity contribution in [3.05, 3.63) is 112 Å². The highest BCUT2D eigenvalue weighted by molar-refractivity contribution is 9.10. The zero-order valence-electron chi connectivity index (χ0n) is 15.8. The predicted octanol–water partition coefficient (Wildman–Crippen LogP) is 4.52. The van der Waals surface area contributed by atoms with E-state index in [4.69, 9.17) is 10.1 Å². The van der Waals surface area contributed by atoms with Crippen LogP contribution in [0.25, 0.3) is 5.57 Å². The minimum absolute atomic E-state index is 0.116. The SMILES string of the molecule is N#Cc1ccc(C2(O)C=C(c3cccc(Br)c3)C(=O)N2OCc2ccccc2)cc1. The molecule has 1 unspecified atom stereocenters. The summed E-state index contributed by atoms with van der Waals surface area (Å²) < 4.78 is 0.819. The summed E-state index contributed by atoms with van der Waals surface area (Å²) in [5, 5.41) is 21.6. The average Bonchev–Trinajstić information content (AvgIpc) is 3.04. The Kier molecular flexibility index (Phi) is 5.51. The molecule has 0 saturated heterocycles. The molecule has 0 radical (unpaired) electrons. The Morgan fingerprint density at radius 2 is 1.77 bits per heavy atom. The Morgan fingerprint density at radius 1 is 1.03 bits per heavy atom. The normalized spacial score (nSPS) is 18.2. The quantitative estimate of drug-likeness (QED) is 0.607. The summed E-state index contributed by atoms with van der Waals surface area (Å²) in [6, 6.07) is 25.2. The maximum absolute atomic E-state index is 13.3. The van der Waals surface area contributed by atoms with Gasteiger partial charge in [0.2, 0.25) is 5.72 Å². The molecule has 4 rings (SSSR count). The first-order chi connectivity index (χ1) is 14.5. The summed E-state index contributed by atoms with van der Waals surface area (Å²) >= 11 is 3.42. The molecule has 6 heteroatoms. The van der Waals surface area contributed by atoms with E-state index in [1.807, 2.05) is 48.5 Å². The van der Waals surface area contributed by atoms with Crippen LogP contribution in [0, 0.1) is 11.3 Å². The summed E-state index contributed by atoms with van der Waals surface area (Å²) in [5.74, 6) is -0.448. The van der Waals surface area contributed by atoms with Crippen LogP contribution in [0.4, 0.5) is 0 Å². The van der Waals surface area contributed by atoms with Crippen LogP contribution >= 0.6 is 15.9 Å². The van der Waals surface area contributed by atoms with Gasteiger partial charge in [0.25, 0.3) is 5.91 Å². The van der Waals surface area contributed by atoms with Crippen molar-refractivity contribution in [3.63, 3.8) is 0 Å². The fourth-order valence-corrected chi connectivity index (χ4v) is 3.71. The third kappa shape index (κ3) is 3.79. The largest absolute Gasteiger partial charge is 0.362 e. The molecule has 1 atom stereocenters. The van der Waals surface area contributed by atoms with Gasteiger partial charge in [0, 0.05) is 10.0 Å². The molecule has 0 spiro atoms. The third-order valence-electron chi connectivity index (χ3n) is 4.85. The Labute approximate surface area is 182 Å². The Bertz CT molecular complexity index is 1150. The topological polar surface area (TPSA) is 73.6 Å². The van der Waals surface area contributed by atoms with Gasteiger partial charge < -0.3 is 5.11 Å². The molecular weight excluding hydrogens is 444 g/mol. The molecule has 1 amide bonds. The number of amides is 1. The molecule has 3 aromatic rings. The van der Waals surface area contributed by atoms with E-state index in [-0.39, 0.29) is 6.61 Å². The van der Waals surface area contributed by atoms with Gasteiger partial charge in [-0.05, 0) is 41.5 Å². The number of hydroxylamine groups is 2. The Balaban J connectivity index is 1.74. The van der Waals surface area contributed by atoms with Crippen molar-refractivity contribution in [2.24, 2.45) is 0 Å². The smallest absolute Gasteiger partial charge is 0.281 e. The van der Waals surface area contributed by atoms with E-state index in [1.54, 1.807) is 30.3 Å². The average molecular weight is 461 g/mol. The molecule has 0 bridgehead atoms. The number of benzene rings is 3. The minimum Gasteiger partial charge on any atom is -0.362 e. The van der Waals surface area contributed by atoms with Crippen LogP contribution in [0.15, 0.2) is 89.4 Å². The van der Waals surface area contributed by atoms with E-state index >= 15 is 0 Å². The molecule has 148 valence electrons. The number of carbonyl (C=O) groups is 1. The van der Waals surface area contributed by atoms with Crippen LogP contribution in [0.3, 0.4) is 0 Å². The fraction of sp³-hybridized carbons (Fsp3) is 0.0833. The van der Waals surface area contributed by atoms with Crippen molar-refractivity contribution in [1.82, 2.24) is 5.06 Å². The van der Waals surface area contributed by atoms with Gasteiger partial charge in [0.05, 0.1) is 17.2 Å². The van der Waals surface area contributed by atoms with E-state index in [1.165, 1.54) is 6.08 Å². The second-order valence-electron chi connectivity index (χ2n) is 6.84. The summed E-state index contributed by atoms with van der Waals surface area (Å²) in [4.78, 5) is 19.1. The standard InChI is InChI=1S/C24H17BrN2O3/c25-21-8-4-7-19(13-21)22-14-24(29,20-11-9-17(15-26)10-12-20)27(23(22)28)30-16-18-5-2-1-3-6-18/h1-14,29H,16H2. The van der Waals surface area contributed by atoms with Gasteiger partial charge in [-0.2, -0.15) is 10.3 Å². The van der Waals surface area contributed by atoms with E-state index in [0.717, 1.165) is 15.1 Å². The summed E-state index contributed by atoms with van der Waals surface area (Å²) in [6.45, 7) is 0.116. The second kappa shape index (κ2) is 8.25. The first kappa shape index (κ1) is 20.0. The van der Waals surface area contributed by atoms with Crippen LogP contribution in [0.5, 0.6) is 0 Å². The molecule has 0 aromatic heterocycles. The zero-order valence-corrected chi connectivity index (χ0v) is 17.4. The lowest BCUT2D eigenvalue weighted by molar-refractivity contribution is -0.262. The number of rotatable bonds is 5. The van der Waals surface area contributed by atoms with Gasteiger partial charge in [-0.3, -0.25) is 9.63 Å². The molecule has 0 aliphatic carbocycles. The second-order valence-corrected chi connectivity index (χ2v) is 7.76. The summed E-state index contributed by atoms with van der Waals surface area (Å²) in [6.07, 6.45) is 1.49. The molecule has 0 fully saturated rings. The predicted molar refractivity (Wildman–Crippen MR) is 115 cm³/mol. The highest BCUT2D eigenvalue weighted by atomic mass is 79.9. The molecule has 1 N–H and O–H groups in total. The monoisotopic (exact) mass is 460 g/mol. The summed E-state index contributed by atoms with van der Waals surface area (Å²) in [5.41, 5.74) is 0.928. The van der Waals surface area contributed by atoms with Crippen LogP contribution in [0.2, 0.25) is 0 Å². The van der Waals surface area contributed by atoms with Gasteiger partial charge in [-0.15, -0.1) is 0 Å². The molecule has 1 aliphatic rings. The van der Waals surface area contributed by atoms with E-state index < -0.39 is 11.6 Å². The number of carbonyl (C=O) groups excluding carboxylic acids is 1. The van der Waals surface area contributed by atoms with Gasteiger partial charge in [-0.25, -0.2) is 0 Å². The van der Waals surface area contributed by atoms with E-state index in [2.05, 4.69) is 22.0 Å². The van der Waals surface area contributed by atoms with Crippen LogP contribution in [-0.4, -0.2) is 16.1 Å². The van der Waals surface area contributed by atoms with Crippen LogP contribution in [0.1, 0.15) is 22.3 Å². The van der Waals surface area contributed by atoms with Crippen molar-refractivity contribution >= 4 is 27.4 Å². The third-order valence-corrected chi connectivity index (χ3v) is 5.34. The molecule has 1 heterocycles. The van der Waals surface area contributed by atoms with Crippen molar-refractivity contribution in [2.45, 2.75) is 12.3 Å². The van der Waals surface area contributed by atoms with E-state index in [0.29, 0.717) is 22.3 Å². The maximum atomic E-state index is 13.3. The molecule has 3 aromatic carbocycles. The van der Waals surface area contributed by atoms with E-state index in [9.17, 15) is 9.90 Å². The van der Waals surface area contributed by atoms with Crippen LogP contribution < -0.4 is 0 Å². The molecular formula is C24H17BrN2O3. The summed E-state index contributed by atoms with van der Waals surface area (Å²) in [7, 11) is 0. The lowest BCUT2D eigenvalue weighted by Gasteiger charge is -2.32. The molecule has 30 heavy (non-hydrogen) atoms. The van der Waals surface area contributed by atoms with Gasteiger partial charge in [0.15, 0.2) is 0 Å². The highest BCUT2D eigenvalue weighted by Crippen LogP contribution is 2.40. The van der Waals surface area contributed by atoms with Crippen molar-refractivity contribution in [1.29, 1.82) is 5.26 Å². The maximum Gasteiger partial charge on any atom is 0.281 e. The number of nitrogens with zero attached hydrogens (tertiary/aromatic N) is 2. The Morgan fingerprint density at radius 3 is 2.43 bits per heavy atom. The lowest BCUT2D eigenvalue weighted by atomic mass is 10.00. The zero-order chi connectivity index (χ0) is 21.1. The van der Waals surface area contributed by atoms with Crippen molar-refractivity contribution in [2.75, 3.05) is 0 Å². The molecule has 5 nitrogen and oxygen atoms in total. The molecule has 1 aliphatic heterocycles. The number of halogens is 1. The number of aliphatic hydroxyl groups is 1. The first-order valence-corrected chi connectivity index (χ1v) is 10.0. The number of hydrogen-bond acceptors (Lipinski definition) is 4. The van der Waals surface area contributed by atoms with Gasteiger partial charge in [-0.1, -0.05) is 70.5 Å². The fourth-order valence-electron chi connectivity index (χ4n) is 3.31. The highest BCUT2D eigenvalue weighted by Gasteiger charge is 2.47. The lowest BCUT2D eigenvalue weighted by Crippen LogP contribution is -2.43. The van der Waals surface area contributed by atoms with Crippen molar-refractivity contribution < 1.29 is 14.7 Å². The number of nitriles is 1. The Hall–Kier alpha value is -3.24. The minimum atomic E-state index is -1.81. The van der Waals surface area contributed by atoms with Crippen molar-refractivity contribution in [3.8, 4) is 6.07 Å². The van der Waals surface area contributed by atoms with Gasteiger partial charge in [0.1, 0.15) is 6.61 Å². The van der Waals surface area contributed by atoms with Gasteiger partial charge >= 0.3 is 0 Å². The number of hydrogen-bond donors (Lipinski definition) is 1. The first-order valence-electron chi connectivity index (χ1n) is 9.24. The van der Waals surface area contributed by atoms with Crippen LogP contribution in [-0.2, 0) is 22.0 Å².